The highest BCUT2D eigenvalue weighted by Crippen LogP contribution is 2.47. The van der Waals surface area contributed by atoms with E-state index in [-0.39, 0.29) is 30.5 Å². The van der Waals surface area contributed by atoms with Crippen molar-refractivity contribution >= 4 is 35.0 Å². The molecule has 5 rings (SSSR count). The van der Waals surface area contributed by atoms with Crippen LogP contribution in [0.4, 0.5) is 29.1 Å². The molecule has 0 radical (unpaired) electrons. The summed E-state index contributed by atoms with van der Waals surface area (Å²) < 4.78 is 56.4. The van der Waals surface area contributed by atoms with Crippen molar-refractivity contribution in [1.82, 2.24) is 15.3 Å². The summed E-state index contributed by atoms with van der Waals surface area (Å²) in [5.41, 5.74) is 2.17. The molecule has 1 saturated carbocycles. The molecule has 2 aromatic carbocycles. The van der Waals surface area contributed by atoms with Gasteiger partial charge in [-0.2, -0.15) is 13.2 Å². The molecule has 12 heteroatoms. The molecule has 0 bridgehead atoms. The van der Waals surface area contributed by atoms with Gasteiger partial charge in [0, 0.05) is 28.9 Å². The van der Waals surface area contributed by atoms with Crippen molar-refractivity contribution in [2.45, 2.75) is 43.8 Å². The van der Waals surface area contributed by atoms with Gasteiger partial charge in [0.1, 0.15) is 12.0 Å². The lowest BCUT2D eigenvalue weighted by atomic mass is 9.94. The van der Waals surface area contributed by atoms with Crippen molar-refractivity contribution in [2.24, 2.45) is 0 Å². The van der Waals surface area contributed by atoms with Gasteiger partial charge < -0.3 is 15.0 Å². The fourth-order valence-corrected chi connectivity index (χ4v) is 4.57. The first-order valence-electron chi connectivity index (χ1n) is 11.7. The van der Waals surface area contributed by atoms with Crippen LogP contribution >= 0.6 is 11.6 Å². The van der Waals surface area contributed by atoms with Crippen LogP contribution in [0.15, 0.2) is 54.7 Å². The van der Waals surface area contributed by atoms with Crippen LogP contribution in [0.3, 0.4) is 0 Å². The fourth-order valence-electron chi connectivity index (χ4n) is 4.45. The molecule has 1 amide bonds. The second kappa shape index (κ2) is 9.86. The first-order chi connectivity index (χ1) is 18.0. The summed E-state index contributed by atoms with van der Waals surface area (Å²) in [6.45, 7) is -0.801. The summed E-state index contributed by atoms with van der Waals surface area (Å²) in [5, 5.41) is 3.62. The van der Waals surface area contributed by atoms with Crippen LogP contribution in [0.1, 0.15) is 40.2 Å². The number of amides is 1. The molecule has 2 aliphatic rings. The molecule has 0 saturated heterocycles. The third-order valence-electron chi connectivity index (χ3n) is 6.49. The lowest BCUT2D eigenvalue weighted by molar-refractivity contribution is -0.201. The Morgan fingerprint density at radius 3 is 2.55 bits per heavy atom. The molecule has 2 heterocycles. The minimum atomic E-state index is -5.13. The van der Waals surface area contributed by atoms with E-state index in [0.717, 1.165) is 18.4 Å². The lowest BCUT2D eigenvalue weighted by Crippen LogP contribution is -2.36. The number of carbonyl (C=O) groups is 2. The zero-order valence-corrected chi connectivity index (χ0v) is 20.5. The molecule has 1 aromatic heterocycles. The first-order valence-corrected chi connectivity index (χ1v) is 12.1. The predicted octanol–water partition coefficient (Wildman–Crippen LogP) is 5.19. The largest absolute Gasteiger partial charge is 0.490 e. The van der Waals surface area contributed by atoms with E-state index in [0.29, 0.717) is 21.8 Å². The number of benzene rings is 2. The Bertz CT molecular complexity index is 1380. The van der Waals surface area contributed by atoms with Gasteiger partial charge in [0.2, 0.25) is 0 Å². The number of aromatic nitrogens is 2. The maximum Gasteiger partial charge on any atom is 0.490 e. The Balaban J connectivity index is 1.36. The van der Waals surface area contributed by atoms with E-state index in [1.807, 2.05) is 18.2 Å². The van der Waals surface area contributed by atoms with E-state index in [1.165, 1.54) is 12.3 Å². The summed E-state index contributed by atoms with van der Waals surface area (Å²) in [6, 6.07) is 13.6. The average molecular weight is 549 g/mol. The number of alkyl halides is 4. The minimum Gasteiger partial charge on any atom is -0.451 e. The normalized spacial score (nSPS) is 17.9. The quantitative estimate of drug-likeness (QED) is 0.337. The van der Waals surface area contributed by atoms with E-state index >= 15 is 0 Å². The van der Waals surface area contributed by atoms with E-state index in [1.54, 1.807) is 29.2 Å². The maximum atomic E-state index is 14.8. The zero-order valence-electron chi connectivity index (χ0n) is 19.8. The standard InChI is InChI=1S/C26H21ClF4N4O3/c27-18-4-1-15(2-5-18)23(36)34-25(8-9-25)17-3-6-20-16(11-17)12-19(28)13-35(20)22-7-10-32-21(33-22)14-38-24(37)26(29,30)31/h1-7,10-11,19H,8-9,12-14H2,(H,34,36). The second-order valence-electron chi connectivity index (χ2n) is 9.20. The van der Waals surface area contributed by atoms with E-state index in [4.69, 9.17) is 11.6 Å². The first kappa shape index (κ1) is 25.9. The van der Waals surface area contributed by atoms with Crippen molar-refractivity contribution in [3.8, 4) is 0 Å². The van der Waals surface area contributed by atoms with Gasteiger partial charge >= 0.3 is 12.1 Å². The van der Waals surface area contributed by atoms with Gasteiger partial charge in [0.05, 0.1) is 12.1 Å². The highest BCUT2D eigenvalue weighted by molar-refractivity contribution is 6.30. The van der Waals surface area contributed by atoms with Gasteiger partial charge in [0.15, 0.2) is 12.4 Å². The Kier molecular flexibility index (Phi) is 6.72. The van der Waals surface area contributed by atoms with Crippen molar-refractivity contribution in [3.63, 3.8) is 0 Å². The van der Waals surface area contributed by atoms with E-state index in [9.17, 15) is 27.2 Å². The SMILES string of the molecule is O=C(NC1(c2ccc3c(c2)CC(F)CN3c2ccnc(COC(=O)C(F)(F)F)n2)CC1)c1ccc(Cl)cc1. The topological polar surface area (TPSA) is 84.4 Å². The van der Waals surface area contributed by atoms with Gasteiger partial charge in [-0.15, -0.1) is 0 Å². The van der Waals surface area contributed by atoms with Crippen LogP contribution in [0.25, 0.3) is 0 Å². The minimum absolute atomic E-state index is 0.0242. The summed E-state index contributed by atoms with van der Waals surface area (Å²) in [6.07, 6.45) is -3.43. The zero-order chi connectivity index (χ0) is 27.1. The molecule has 1 atom stereocenters. The summed E-state index contributed by atoms with van der Waals surface area (Å²) in [4.78, 5) is 33.5. The maximum absolute atomic E-state index is 14.8. The monoisotopic (exact) mass is 548 g/mol. The number of fused-ring (bicyclic) bond motifs is 1. The fraction of sp³-hybridized carbons (Fsp3) is 0.308. The number of carbonyl (C=O) groups excluding carboxylic acids is 2. The molecule has 1 aliphatic heterocycles. The molecule has 1 N–H and O–H groups in total. The molecule has 1 fully saturated rings. The molecule has 1 unspecified atom stereocenters. The Labute approximate surface area is 219 Å². The molecular weight excluding hydrogens is 528 g/mol. The predicted molar refractivity (Wildman–Crippen MR) is 130 cm³/mol. The van der Waals surface area contributed by atoms with Crippen LogP contribution in [0, 0.1) is 0 Å². The third-order valence-corrected chi connectivity index (χ3v) is 6.74. The Morgan fingerprint density at radius 2 is 1.87 bits per heavy atom. The van der Waals surface area contributed by atoms with Crippen molar-refractivity contribution < 1.29 is 31.9 Å². The Morgan fingerprint density at radius 1 is 1.13 bits per heavy atom. The average Bonchev–Trinajstić information content (AvgIpc) is 3.66. The van der Waals surface area contributed by atoms with Crippen LogP contribution in [-0.2, 0) is 28.1 Å². The highest BCUT2D eigenvalue weighted by Gasteiger charge is 2.46. The number of anilines is 2. The number of nitrogens with zero attached hydrogens (tertiary/aromatic N) is 3. The van der Waals surface area contributed by atoms with Gasteiger partial charge in [0.25, 0.3) is 5.91 Å². The van der Waals surface area contributed by atoms with Gasteiger partial charge in [-0.25, -0.2) is 19.2 Å². The van der Waals surface area contributed by atoms with Gasteiger partial charge in [-0.05, 0) is 60.4 Å². The molecule has 7 nitrogen and oxygen atoms in total. The molecule has 198 valence electrons. The number of ether oxygens (including phenoxy) is 1. The Hall–Kier alpha value is -3.73. The molecule has 38 heavy (non-hydrogen) atoms. The number of nitrogens with one attached hydrogen (secondary N) is 1. The number of halogens is 5. The van der Waals surface area contributed by atoms with E-state index < -0.39 is 30.5 Å². The lowest BCUT2D eigenvalue weighted by Gasteiger charge is -2.33. The summed E-state index contributed by atoms with van der Waals surface area (Å²) in [7, 11) is 0. The van der Waals surface area contributed by atoms with Crippen molar-refractivity contribution in [1.29, 1.82) is 0 Å². The molecular formula is C26H21ClF4N4O3. The third kappa shape index (κ3) is 5.42. The molecule has 3 aromatic rings. The van der Waals surface area contributed by atoms with Crippen LogP contribution in [0.2, 0.25) is 5.02 Å². The summed E-state index contributed by atoms with van der Waals surface area (Å²) in [5.74, 6) is -2.47. The van der Waals surface area contributed by atoms with Gasteiger partial charge in [-0.1, -0.05) is 23.7 Å². The summed E-state index contributed by atoms with van der Waals surface area (Å²) >= 11 is 5.91. The number of rotatable bonds is 6. The number of esters is 1. The smallest absolute Gasteiger partial charge is 0.451 e. The highest BCUT2D eigenvalue weighted by atomic mass is 35.5. The van der Waals surface area contributed by atoms with Crippen molar-refractivity contribution in [2.75, 3.05) is 11.4 Å². The molecule has 0 spiro atoms. The van der Waals surface area contributed by atoms with E-state index in [2.05, 4.69) is 20.0 Å². The van der Waals surface area contributed by atoms with Crippen molar-refractivity contribution in [3.05, 3.63) is 82.3 Å². The number of hydrogen-bond donors (Lipinski definition) is 1. The van der Waals surface area contributed by atoms with Crippen LogP contribution in [-0.4, -0.2) is 40.7 Å². The molecule has 1 aliphatic carbocycles. The van der Waals surface area contributed by atoms with Crippen LogP contribution in [0.5, 0.6) is 0 Å². The van der Waals surface area contributed by atoms with Gasteiger partial charge in [-0.3, -0.25) is 4.79 Å². The number of hydrogen-bond acceptors (Lipinski definition) is 6. The second-order valence-corrected chi connectivity index (χ2v) is 9.64. The van der Waals surface area contributed by atoms with Crippen LogP contribution < -0.4 is 10.2 Å².